The monoisotopic (exact) mass is 261 g/mol. The Morgan fingerprint density at radius 3 is 2.94 bits per heavy atom. The number of benzene rings is 1. The number of hydrogen-bond acceptors (Lipinski definition) is 3. The van der Waals surface area contributed by atoms with Gasteiger partial charge in [-0.2, -0.15) is 11.8 Å². The van der Waals surface area contributed by atoms with Crippen molar-refractivity contribution in [2.24, 2.45) is 5.73 Å². The minimum absolute atomic E-state index is 0.0160. The highest BCUT2D eigenvalue weighted by atomic mass is 32.2. The van der Waals surface area contributed by atoms with Crippen LogP contribution in [-0.2, 0) is 0 Å². The number of furan rings is 1. The fraction of sp³-hybridized carbons (Fsp3) is 0.467. The van der Waals surface area contributed by atoms with Gasteiger partial charge in [0.15, 0.2) is 0 Å². The molecule has 0 bridgehead atoms. The maximum Gasteiger partial charge on any atom is 0.134 e. The maximum atomic E-state index is 6.42. The quantitative estimate of drug-likeness (QED) is 0.887. The Bertz CT molecular complexity index is 569. The highest BCUT2D eigenvalue weighted by Crippen LogP contribution is 2.46. The smallest absolute Gasteiger partial charge is 0.134 e. The third kappa shape index (κ3) is 1.95. The number of thioether (sulfide) groups is 1. The zero-order valence-electron chi connectivity index (χ0n) is 10.9. The van der Waals surface area contributed by atoms with E-state index in [2.05, 4.69) is 32.0 Å². The molecule has 96 valence electrons. The molecule has 0 aliphatic carbocycles. The van der Waals surface area contributed by atoms with E-state index in [-0.39, 0.29) is 10.8 Å². The van der Waals surface area contributed by atoms with Gasteiger partial charge in [-0.3, -0.25) is 0 Å². The van der Waals surface area contributed by atoms with Gasteiger partial charge in [-0.1, -0.05) is 11.6 Å². The van der Waals surface area contributed by atoms with Crippen molar-refractivity contribution >= 4 is 22.7 Å². The normalized spacial score (nSPS) is 25.7. The van der Waals surface area contributed by atoms with Crippen molar-refractivity contribution in [3.05, 3.63) is 35.6 Å². The summed E-state index contributed by atoms with van der Waals surface area (Å²) in [5, 5.41) is 1.16. The van der Waals surface area contributed by atoms with E-state index < -0.39 is 0 Å². The molecule has 2 unspecified atom stereocenters. The average molecular weight is 261 g/mol. The summed E-state index contributed by atoms with van der Waals surface area (Å²) in [4.78, 5) is 0. The molecule has 3 heteroatoms. The van der Waals surface area contributed by atoms with Gasteiger partial charge in [0.1, 0.15) is 11.3 Å². The van der Waals surface area contributed by atoms with E-state index in [0.717, 1.165) is 16.7 Å². The predicted molar refractivity (Wildman–Crippen MR) is 78.0 cm³/mol. The second-order valence-corrected chi connectivity index (χ2v) is 7.06. The summed E-state index contributed by atoms with van der Waals surface area (Å²) in [6.45, 7) is 4.36. The van der Waals surface area contributed by atoms with Crippen LogP contribution in [0.25, 0.3) is 11.0 Å². The Labute approximate surface area is 112 Å². The van der Waals surface area contributed by atoms with Crippen LogP contribution >= 0.6 is 11.8 Å². The van der Waals surface area contributed by atoms with Crippen LogP contribution in [0.4, 0.5) is 0 Å². The first-order chi connectivity index (χ1) is 8.58. The molecular weight excluding hydrogens is 242 g/mol. The topological polar surface area (TPSA) is 39.2 Å². The molecule has 1 fully saturated rings. The number of fused-ring (bicyclic) bond motifs is 1. The SMILES string of the molecule is Cc1ccc2oc(C(N)C3(C)CCCS3)cc2c1. The van der Waals surface area contributed by atoms with Crippen LogP contribution < -0.4 is 5.73 Å². The average Bonchev–Trinajstić information content (AvgIpc) is 2.94. The molecule has 2 heterocycles. The van der Waals surface area contributed by atoms with Crippen LogP contribution in [0, 0.1) is 6.92 Å². The van der Waals surface area contributed by atoms with Crippen molar-refractivity contribution in [2.75, 3.05) is 5.75 Å². The summed E-state index contributed by atoms with van der Waals surface area (Å²) in [6, 6.07) is 8.35. The van der Waals surface area contributed by atoms with Crippen molar-refractivity contribution in [1.82, 2.24) is 0 Å². The van der Waals surface area contributed by atoms with Crippen molar-refractivity contribution in [3.8, 4) is 0 Å². The third-order valence-electron chi connectivity index (χ3n) is 3.90. The van der Waals surface area contributed by atoms with E-state index in [4.69, 9.17) is 10.2 Å². The molecule has 0 amide bonds. The lowest BCUT2D eigenvalue weighted by Gasteiger charge is -2.28. The van der Waals surface area contributed by atoms with Crippen LogP contribution in [0.15, 0.2) is 28.7 Å². The Hall–Kier alpha value is -0.930. The fourth-order valence-corrected chi connectivity index (χ4v) is 4.02. The summed E-state index contributed by atoms with van der Waals surface area (Å²) in [5.74, 6) is 2.14. The molecule has 0 spiro atoms. The third-order valence-corrected chi connectivity index (χ3v) is 5.51. The van der Waals surface area contributed by atoms with E-state index in [1.165, 1.54) is 24.2 Å². The lowest BCUT2D eigenvalue weighted by Crippen LogP contribution is -2.32. The Kier molecular flexibility index (Phi) is 2.91. The Morgan fingerprint density at radius 2 is 2.22 bits per heavy atom. The van der Waals surface area contributed by atoms with E-state index in [0.29, 0.717) is 0 Å². The summed E-state index contributed by atoms with van der Waals surface area (Å²) in [6.07, 6.45) is 2.43. The van der Waals surface area contributed by atoms with Crippen LogP contribution in [-0.4, -0.2) is 10.5 Å². The van der Waals surface area contributed by atoms with Gasteiger partial charge < -0.3 is 10.2 Å². The van der Waals surface area contributed by atoms with E-state index >= 15 is 0 Å². The lowest BCUT2D eigenvalue weighted by atomic mass is 9.95. The zero-order chi connectivity index (χ0) is 12.8. The highest BCUT2D eigenvalue weighted by Gasteiger charge is 2.38. The molecule has 2 nitrogen and oxygen atoms in total. The molecule has 1 saturated heterocycles. The molecule has 1 aromatic carbocycles. The molecule has 2 aromatic rings. The molecule has 3 rings (SSSR count). The molecule has 2 atom stereocenters. The van der Waals surface area contributed by atoms with Gasteiger partial charge in [0, 0.05) is 10.1 Å². The second kappa shape index (κ2) is 4.32. The largest absolute Gasteiger partial charge is 0.459 e. The van der Waals surface area contributed by atoms with Crippen molar-refractivity contribution in [3.63, 3.8) is 0 Å². The second-order valence-electron chi connectivity index (χ2n) is 5.43. The van der Waals surface area contributed by atoms with Gasteiger partial charge in [0.2, 0.25) is 0 Å². The molecule has 1 aromatic heterocycles. The first kappa shape index (κ1) is 12.1. The van der Waals surface area contributed by atoms with Crippen molar-refractivity contribution in [1.29, 1.82) is 0 Å². The minimum Gasteiger partial charge on any atom is -0.459 e. The molecule has 1 aliphatic rings. The minimum atomic E-state index is -0.0160. The Balaban J connectivity index is 1.98. The molecule has 0 saturated carbocycles. The summed E-state index contributed by atoms with van der Waals surface area (Å²) >= 11 is 1.98. The Morgan fingerprint density at radius 1 is 1.39 bits per heavy atom. The van der Waals surface area contributed by atoms with E-state index in [9.17, 15) is 0 Å². The van der Waals surface area contributed by atoms with Crippen LogP contribution in [0.1, 0.15) is 37.1 Å². The zero-order valence-corrected chi connectivity index (χ0v) is 11.7. The van der Waals surface area contributed by atoms with Crippen LogP contribution in [0.5, 0.6) is 0 Å². The highest BCUT2D eigenvalue weighted by molar-refractivity contribution is 8.00. The van der Waals surface area contributed by atoms with Gasteiger partial charge in [-0.25, -0.2) is 0 Å². The van der Waals surface area contributed by atoms with Gasteiger partial charge in [0.25, 0.3) is 0 Å². The van der Waals surface area contributed by atoms with Gasteiger partial charge in [-0.05, 0) is 50.6 Å². The van der Waals surface area contributed by atoms with Crippen molar-refractivity contribution in [2.45, 2.75) is 37.5 Å². The number of nitrogens with two attached hydrogens (primary N) is 1. The van der Waals surface area contributed by atoms with Crippen LogP contribution in [0.2, 0.25) is 0 Å². The molecule has 0 radical (unpaired) electrons. The standard InChI is InChI=1S/C15H19NOS/c1-10-4-5-12-11(8-10)9-13(17-12)14(16)15(2)6-3-7-18-15/h4-5,8-9,14H,3,6-7,16H2,1-2H3. The van der Waals surface area contributed by atoms with Crippen LogP contribution in [0.3, 0.4) is 0 Å². The van der Waals surface area contributed by atoms with E-state index in [1.54, 1.807) is 0 Å². The number of hydrogen-bond donors (Lipinski definition) is 1. The molecule has 2 N–H and O–H groups in total. The first-order valence-electron chi connectivity index (χ1n) is 6.48. The molecular formula is C15H19NOS. The summed E-state index contributed by atoms with van der Waals surface area (Å²) in [7, 11) is 0. The molecule has 18 heavy (non-hydrogen) atoms. The summed E-state index contributed by atoms with van der Waals surface area (Å²) < 4.78 is 6.05. The lowest BCUT2D eigenvalue weighted by molar-refractivity contribution is 0.418. The fourth-order valence-electron chi connectivity index (χ4n) is 2.68. The number of rotatable bonds is 2. The van der Waals surface area contributed by atoms with Gasteiger partial charge in [-0.15, -0.1) is 0 Å². The summed E-state index contributed by atoms with van der Waals surface area (Å²) in [5.41, 5.74) is 8.62. The van der Waals surface area contributed by atoms with Gasteiger partial charge >= 0.3 is 0 Å². The van der Waals surface area contributed by atoms with Gasteiger partial charge in [0.05, 0.1) is 6.04 Å². The number of aryl methyl sites for hydroxylation is 1. The maximum absolute atomic E-state index is 6.42. The predicted octanol–water partition coefficient (Wildman–Crippen LogP) is 4.03. The van der Waals surface area contributed by atoms with Crippen molar-refractivity contribution < 1.29 is 4.42 Å². The van der Waals surface area contributed by atoms with E-state index in [1.807, 2.05) is 17.8 Å². The first-order valence-corrected chi connectivity index (χ1v) is 7.47. The molecule has 1 aliphatic heterocycles.